The van der Waals surface area contributed by atoms with Crippen LogP contribution in [0.2, 0.25) is 0 Å². The fourth-order valence-corrected chi connectivity index (χ4v) is 5.41. The van der Waals surface area contributed by atoms with E-state index in [1.54, 1.807) is 17.2 Å². The summed E-state index contributed by atoms with van der Waals surface area (Å²) in [6.07, 6.45) is 6.41. The number of imidazole rings is 1. The van der Waals surface area contributed by atoms with Gasteiger partial charge in [-0.2, -0.15) is 0 Å². The van der Waals surface area contributed by atoms with Crippen LogP contribution in [0.5, 0.6) is 0 Å². The Morgan fingerprint density at radius 2 is 2.10 bits per heavy atom. The number of aromatic amines is 1. The SMILES string of the molecule is C=CC(C)(C)C12CC3(OC)C(=O)NC(=Cc4cnc[nH]4)C(=O)N3C1Nc1ccccc12. The van der Waals surface area contributed by atoms with Gasteiger partial charge in [0.1, 0.15) is 11.9 Å². The van der Waals surface area contributed by atoms with Crippen LogP contribution in [-0.4, -0.2) is 45.7 Å². The van der Waals surface area contributed by atoms with Gasteiger partial charge in [-0.15, -0.1) is 6.58 Å². The first kappa shape index (κ1) is 19.6. The van der Waals surface area contributed by atoms with Crippen molar-refractivity contribution in [3.8, 4) is 0 Å². The molecule has 1 aromatic carbocycles. The summed E-state index contributed by atoms with van der Waals surface area (Å²) in [5.74, 6) is -0.684. The number of carbonyl (C=O) groups excluding carboxylic acids is 2. The monoisotopic (exact) mass is 419 g/mol. The minimum atomic E-state index is -1.44. The number of allylic oxidation sites excluding steroid dienone is 1. The fraction of sp³-hybridized carbons (Fsp3) is 0.348. The van der Waals surface area contributed by atoms with E-state index in [9.17, 15) is 9.59 Å². The highest BCUT2D eigenvalue weighted by atomic mass is 16.5. The van der Waals surface area contributed by atoms with Gasteiger partial charge in [-0.1, -0.05) is 38.1 Å². The van der Waals surface area contributed by atoms with Crippen molar-refractivity contribution in [1.82, 2.24) is 20.2 Å². The van der Waals surface area contributed by atoms with E-state index < -0.39 is 22.7 Å². The predicted octanol–water partition coefficient (Wildman–Crippen LogP) is 2.36. The summed E-state index contributed by atoms with van der Waals surface area (Å²) >= 11 is 0. The van der Waals surface area contributed by atoms with E-state index in [1.807, 2.05) is 24.3 Å². The molecular formula is C23H25N5O3. The van der Waals surface area contributed by atoms with Gasteiger partial charge in [0.15, 0.2) is 0 Å². The average Bonchev–Trinajstić information content (AvgIpc) is 3.45. The summed E-state index contributed by atoms with van der Waals surface area (Å²) in [6.45, 7) is 8.25. The number of rotatable bonds is 4. The summed E-state index contributed by atoms with van der Waals surface area (Å²) < 4.78 is 5.86. The zero-order chi connectivity index (χ0) is 22.0. The van der Waals surface area contributed by atoms with E-state index in [4.69, 9.17) is 4.74 Å². The largest absolute Gasteiger partial charge is 0.364 e. The standard InChI is InChI=1S/C23H25N5O3/c1-5-21(2,3)22-12-23(31-4)20(30)27-17(10-14-11-24-13-25-14)18(29)28(23)19(22)26-16-9-7-6-8-15(16)22/h5-11,13,19,26H,1,12H2,2-4H3,(H,24,25)(H,27,30). The number of anilines is 1. The molecule has 1 aromatic heterocycles. The van der Waals surface area contributed by atoms with Gasteiger partial charge in [-0.3, -0.25) is 14.5 Å². The number of carbonyl (C=O) groups is 2. The minimum absolute atomic E-state index is 0.173. The molecule has 8 heteroatoms. The molecule has 8 nitrogen and oxygen atoms in total. The Kier molecular flexibility index (Phi) is 3.98. The molecule has 3 aliphatic heterocycles. The van der Waals surface area contributed by atoms with Gasteiger partial charge in [0.2, 0.25) is 5.72 Å². The number of H-pyrrole nitrogens is 1. The first-order chi connectivity index (χ1) is 14.8. The molecule has 5 rings (SSSR count). The molecule has 2 saturated heterocycles. The Morgan fingerprint density at radius 3 is 2.77 bits per heavy atom. The minimum Gasteiger partial charge on any atom is -0.364 e. The first-order valence-corrected chi connectivity index (χ1v) is 10.2. The second-order valence-electron chi connectivity index (χ2n) is 8.85. The van der Waals surface area contributed by atoms with E-state index in [0.29, 0.717) is 12.1 Å². The number of fused-ring (bicyclic) bond motifs is 5. The van der Waals surface area contributed by atoms with Crippen molar-refractivity contribution in [3.63, 3.8) is 0 Å². The van der Waals surface area contributed by atoms with Gasteiger partial charge in [-0.05, 0) is 23.1 Å². The third-order valence-electron chi connectivity index (χ3n) is 7.20. The number of benzene rings is 1. The number of hydrogen-bond donors (Lipinski definition) is 3. The maximum absolute atomic E-state index is 13.8. The number of aromatic nitrogens is 2. The molecule has 0 bridgehead atoms. The molecule has 3 atom stereocenters. The van der Waals surface area contributed by atoms with Crippen LogP contribution in [0.3, 0.4) is 0 Å². The van der Waals surface area contributed by atoms with Crippen LogP contribution in [0.1, 0.15) is 31.5 Å². The van der Waals surface area contributed by atoms with E-state index >= 15 is 0 Å². The van der Waals surface area contributed by atoms with Crippen molar-refractivity contribution in [2.75, 3.05) is 12.4 Å². The molecule has 4 heterocycles. The van der Waals surface area contributed by atoms with E-state index in [-0.39, 0.29) is 17.5 Å². The highest BCUT2D eigenvalue weighted by molar-refractivity contribution is 6.09. The summed E-state index contributed by atoms with van der Waals surface area (Å²) in [6, 6.07) is 7.99. The topological polar surface area (TPSA) is 99.3 Å². The second kappa shape index (κ2) is 6.31. The summed E-state index contributed by atoms with van der Waals surface area (Å²) in [4.78, 5) is 35.7. The Hall–Kier alpha value is -3.39. The van der Waals surface area contributed by atoms with Crippen LogP contribution in [-0.2, 0) is 19.7 Å². The molecule has 2 fully saturated rings. The summed E-state index contributed by atoms with van der Waals surface area (Å²) in [7, 11) is 1.48. The summed E-state index contributed by atoms with van der Waals surface area (Å²) in [5.41, 5.74) is 0.292. The predicted molar refractivity (Wildman–Crippen MR) is 115 cm³/mol. The molecule has 0 radical (unpaired) electrons. The third kappa shape index (κ3) is 2.31. The zero-order valence-electron chi connectivity index (χ0n) is 17.7. The number of ether oxygens (including phenoxy) is 1. The smallest absolute Gasteiger partial charge is 0.278 e. The molecule has 0 aliphatic carbocycles. The maximum Gasteiger partial charge on any atom is 0.278 e. The van der Waals surface area contributed by atoms with Crippen LogP contribution < -0.4 is 10.6 Å². The van der Waals surface area contributed by atoms with Gasteiger partial charge in [0.05, 0.1) is 18.2 Å². The quantitative estimate of drug-likeness (QED) is 0.522. The lowest BCUT2D eigenvalue weighted by Crippen LogP contribution is -2.66. The fourth-order valence-electron chi connectivity index (χ4n) is 5.41. The zero-order valence-corrected chi connectivity index (χ0v) is 17.7. The van der Waals surface area contributed by atoms with Gasteiger partial charge >= 0.3 is 0 Å². The Labute approximate surface area is 180 Å². The molecule has 3 aliphatic rings. The van der Waals surface area contributed by atoms with Crippen LogP contribution in [0.4, 0.5) is 5.69 Å². The van der Waals surface area contributed by atoms with Gasteiger partial charge in [0, 0.05) is 24.6 Å². The van der Waals surface area contributed by atoms with E-state index in [0.717, 1.165) is 11.3 Å². The van der Waals surface area contributed by atoms with Crippen molar-refractivity contribution in [3.05, 3.63) is 66.4 Å². The maximum atomic E-state index is 13.8. The third-order valence-corrected chi connectivity index (χ3v) is 7.20. The molecule has 0 spiro atoms. The highest BCUT2D eigenvalue weighted by Crippen LogP contribution is 2.63. The molecule has 3 N–H and O–H groups in total. The molecule has 2 amide bonds. The number of methoxy groups -OCH3 is 1. The molecule has 31 heavy (non-hydrogen) atoms. The van der Waals surface area contributed by atoms with Crippen LogP contribution in [0.15, 0.2) is 55.1 Å². The first-order valence-electron chi connectivity index (χ1n) is 10.2. The van der Waals surface area contributed by atoms with E-state index in [2.05, 4.69) is 47.1 Å². The Balaban J connectivity index is 1.72. The van der Waals surface area contributed by atoms with Gasteiger partial charge < -0.3 is 20.4 Å². The van der Waals surface area contributed by atoms with Crippen LogP contribution in [0.25, 0.3) is 6.08 Å². The number of nitrogens with one attached hydrogen (secondary N) is 3. The summed E-state index contributed by atoms with van der Waals surface area (Å²) in [5, 5.41) is 6.29. The van der Waals surface area contributed by atoms with Gasteiger partial charge in [0.25, 0.3) is 11.8 Å². The van der Waals surface area contributed by atoms with E-state index in [1.165, 1.54) is 13.4 Å². The van der Waals surface area contributed by atoms with Crippen molar-refractivity contribution >= 4 is 23.6 Å². The van der Waals surface area contributed by atoms with Crippen LogP contribution >= 0.6 is 0 Å². The van der Waals surface area contributed by atoms with Crippen LogP contribution in [0, 0.1) is 5.41 Å². The average molecular weight is 419 g/mol. The molecule has 3 unspecified atom stereocenters. The molecule has 160 valence electrons. The van der Waals surface area contributed by atoms with Crippen molar-refractivity contribution in [1.29, 1.82) is 0 Å². The lowest BCUT2D eigenvalue weighted by atomic mass is 9.60. The number of piperazine rings is 1. The molecule has 2 aromatic rings. The number of hydrogen-bond acceptors (Lipinski definition) is 5. The lowest BCUT2D eigenvalue weighted by Gasteiger charge is -2.43. The van der Waals surface area contributed by atoms with Crippen molar-refractivity contribution in [2.45, 2.75) is 37.6 Å². The molecule has 0 saturated carbocycles. The lowest BCUT2D eigenvalue weighted by molar-refractivity contribution is -0.180. The van der Waals surface area contributed by atoms with Crippen molar-refractivity contribution < 1.29 is 14.3 Å². The van der Waals surface area contributed by atoms with Gasteiger partial charge in [-0.25, -0.2) is 4.98 Å². The number of amides is 2. The number of para-hydroxylation sites is 1. The number of nitrogens with zero attached hydrogens (tertiary/aromatic N) is 2. The normalized spacial score (nSPS) is 30.5. The second-order valence-corrected chi connectivity index (χ2v) is 8.85. The van der Waals surface area contributed by atoms with Crippen molar-refractivity contribution in [2.24, 2.45) is 5.41 Å². The highest BCUT2D eigenvalue weighted by Gasteiger charge is 2.73. The Morgan fingerprint density at radius 1 is 1.32 bits per heavy atom. The molecular weight excluding hydrogens is 394 g/mol. The Bertz CT molecular complexity index is 1120.